The number of nitrogens with zero attached hydrogens (tertiary/aromatic N) is 2. The molecule has 0 spiro atoms. The monoisotopic (exact) mass is 292 g/mol. The smallest absolute Gasteiger partial charge is 0.344 e. The number of carbonyl (C=O) groups is 2. The van der Waals surface area contributed by atoms with Crippen LogP contribution in [0.5, 0.6) is 5.75 Å². The molecule has 1 aromatic rings. The van der Waals surface area contributed by atoms with Crippen molar-refractivity contribution in [3.05, 3.63) is 40.5 Å². The van der Waals surface area contributed by atoms with E-state index in [1.165, 1.54) is 17.0 Å². The minimum Gasteiger partial charge on any atom is -0.481 e. The Bertz CT molecular complexity index is 640. The first kappa shape index (κ1) is 14.5. The number of methoxy groups -OCH3 is 1. The first-order valence-corrected chi connectivity index (χ1v) is 5.94. The van der Waals surface area contributed by atoms with Gasteiger partial charge in [-0.1, -0.05) is 6.08 Å². The maximum atomic E-state index is 11.8. The molecule has 1 amide bonds. The second-order valence-corrected chi connectivity index (χ2v) is 4.17. The second kappa shape index (κ2) is 5.61. The Labute approximate surface area is 119 Å². The maximum Gasteiger partial charge on any atom is 0.344 e. The summed E-state index contributed by atoms with van der Waals surface area (Å²) in [6.45, 7) is 3.52. The highest BCUT2D eigenvalue weighted by Crippen LogP contribution is 2.38. The van der Waals surface area contributed by atoms with E-state index in [1.807, 2.05) is 0 Å². The Balaban J connectivity index is 2.63. The number of anilines is 1. The number of esters is 1. The first-order valence-electron chi connectivity index (χ1n) is 5.94. The van der Waals surface area contributed by atoms with Gasteiger partial charge in [-0.25, -0.2) is 4.79 Å². The van der Waals surface area contributed by atoms with Crippen LogP contribution in [-0.2, 0) is 9.53 Å². The molecule has 0 aromatic heterocycles. The lowest BCUT2D eigenvalue weighted by molar-refractivity contribution is -0.385. The van der Waals surface area contributed by atoms with Crippen molar-refractivity contribution in [2.24, 2.45) is 0 Å². The van der Waals surface area contributed by atoms with Crippen molar-refractivity contribution in [2.75, 3.05) is 25.2 Å². The van der Waals surface area contributed by atoms with Gasteiger partial charge in [0.25, 0.3) is 11.6 Å². The van der Waals surface area contributed by atoms with Crippen molar-refractivity contribution in [1.29, 1.82) is 0 Å². The fraction of sp³-hybridized carbons (Fsp3) is 0.231. The van der Waals surface area contributed by atoms with Crippen LogP contribution in [0.1, 0.15) is 10.4 Å². The zero-order chi connectivity index (χ0) is 15.6. The minimum absolute atomic E-state index is 0.163. The summed E-state index contributed by atoms with van der Waals surface area (Å²) in [5.41, 5.74) is -0.403. The average Bonchev–Trinajstić information content (AvgIpc) is 2.48. The van der Waals surface area contributed by atoms with Gasteiger partial charge in [-0.05, 0) is 6.07 Å². The molecular weight excluding hydrogens is 280 g/mol. The van der Waals surface area contributed by atoms with Gasteiger partial charge in [0.2, 0.25) is 0 Å². The van der Waals surface area contributed by atoms with Crippen molar-refractivity contribution in [2.45, 2.75) is 0 Å². The number of nitro groups is 1. The molecule has 8 nitrogen and oxygen atoms in total. The van der Waals surface area contributed by atoms with Gasteiger partial charge in [0.05, 0.1) is 23.8 Å². The van der Waals surface area contributed by atoms with Crippen LogP contribution in [0.3, 0.4) is 0 Å². The van der Waals surface area contributed by atoms with E-state index in [-0.39, 0.29) is 36.1 Å². The van der Waals surface area contributed by atoms with Gasteiger partial charge in [-0.15, -0.1) is 6.58 Å². The van der Waals surface area contributed by atoms with Crippen molar-refractivity contribution in [3.8, 4) is 5.75 Å². The fourth-order valence-electron chi connectivity index (χ4n) is 1.99. The van der Waals surface area contributed by atoms with Crippen molar-refractivity contribution in [1.82, 2.24) is 0 Å². The molecule has 21 heavy (non-hydrogen) atoms. The first-order chi connectivity index (χ1) is 9.99. The lowest BCUT2D eigenvalue weighted by Crippen LogP contribution is -2.39. The van der Waals surface area contributed by atoms with Gasteiger partial charge in [0, 0.05) is 6.54 Å². The third kappa shape index (κ3) is 2.55. The molecule has 1 aromatic carbocycles. The molecule has 0 fully saturated rings. The highest BCUT2D eigenvalue weighted by atomic mass is 16.6. The molecule has 0 unspecified atom stereocenters. The molecule has 110 valence electrons. The molecule has 0 atom stereocenters. The van der Waals surface area contributed by atoms with Crippen LogP contribution in [0.25, 0.3) is 0 Å². The second-order valence-electron chi connectivity index (χ2n) is 4.17. The van der Waals surface area contributed by atoms with Crippen LogP contribution in [0.4, 0.5) is 11.4 Å². The molecular formula is C13H12N2O6. The summed E-state index contributed by atoms with van der Waals surface area (Å²) < 4.78 is 9.72. The van der Waals surface area contributed by atoms with Crippen LogP contribution in [0, 0.1) is 10.1 Å². The molecule has 2 rings (SSSR count). The number of carbonyl (C=O) groups excluding carboxylic acids is 2. The SMILES string of the molecule is C=CCN1C(=O)COc2cc([N+](=O)[O-])c(C(=O)OC)cc21. The van der Waals surface area contributed by atoms with Gasteiger partial charge in [-0.3, -0.25) is 14.9 Å². The van der Waals surface area contributed by atoms with E-state index in [0.29, 0.717) is 0 Å². The maximum absolute atomic E-state index is 11.8. The quantitative estimate of drug-likeness (QED) is 0.359. The molecule has 0 aliphatic carbocycles. The third-order valence-corrected chi connectivity index (χ3v) is 2.93. The van der Waals surface area contributed by atoms with Crippen molar-refractivity contribution >= 4 is 23.3 Å². The number of fused-ring (bicyclic) bond motifs is 1. The van der Waals surface area contributed by atoms with Gasteiger partial charge in [0.1, 0.15) is 5.56 Å². The van der Waals surface area contributed by atoms with E-state index >= 15 is 0 Å². The highest BCUT2D eigenvalue weighted by molar-refractivity contribution is 6.02. The van der Waals surface area contributed by atoms with Crippen LogP contribution in [0.2, 0.25) is 0 Å². The molecule has 0 radical (unpaired) electrons. The minimum atomic E-state index is -0.860. The Hall–Kier alpha value is -2.90. The van der Waals surface area contributed by atoms with Gasteiger partial charge < -0.3 is 14.4 Å². The zero-order valence-electron chi connectivity index (χ0n) is 11.2. The molecule has 0 saturated heterocycles. The number of rotatable bonds is 4. The number of amides is 1. The Morgan fingerprint density at radius 2 is 2.33 bits per heavy atom. The molecule has 0 bridgehead atoms. The summed E-state index contributed by atoms with van der Waals surface area (Å²) in [7, 11) is 1.12. The number of benzene rings is 1. The fourth-order valence-corrected chi connectivity index (χ4v) is 1.99. The van der Waals surface area contributed by atoms with Crippen LogP contribution in [-0.4, -0.2) is 37.1 Å². The lowest BCUT2D eigenvalue weighted by Gasteiger charge is -2.28. The van der Waals surface area contributed by atoms with Crippen LogP contribution in [0.15, 0.2) is 24.8 Å². The van der Waals surface area contributed by atoms with E-state index in [9.17, 15) is 19.7 Å². The predicted octanol–water partition coefficient (Wildman–Crippen LogP) is 1.29. The largest absolute Gasteiger partial charge is 0.481 e. The van der Waals surface area contributed by atoms with E-state index in [1.54, 1.807) is 0 Å². The van der Waals surface area contributed by atoms with Crippen LogP contribution < -0.4 is 9.64 Å². The van der Waals surface area contributed by atoms with Crippen molar-refractivity contribution in [3.63, 3.8) is 0 Å². The van der Waals surface area contributed by atoms with Gasteiger partial charge in [0.15, 0.2) is 12.4 Å². The predicted molar refractivity (Wildman–Crippen MR) is 72.5 cm³/mol. The number of ether oxygens (including phenoxy) is 2. The van der Waals surface area contributed by atoms with E-state index in [2.05, 4.69) is 11.3 Å². The van der Waals surface area contributed by atoms with E-state index in [0.717, 1.165) is 13.2 Å². The van der Waals surface area contributed by atoms with Gasteiger partial charge >= 0.3 is 5.97 Å². The summed E-state index contributed by atoms with van der Waals surface area (Å²) in [6.07, 6.45) is 1.51. The molecule has 1 heterocycles. The topological polar surface area (TPSA) is 99.0 Å². The third-order valence-electron chi connectivity index (χ3n) is 2.93. The van der Waals surface area contributed by atoms with Crippen molar-refractivity contribution < 1.29 is 24.0 Å². The van der Waals surface area contributed by atoms with Crippen LogP contribution >= 0.6 is 0 Å². The average molecular weight is 292 g/mol. The number of hydrogen-bond donors (Lipinski definition) is 0. The highest BCUT2D eigenvalue weighted by Gasteiger charge is 2.31. The van der Waals surface area contributed by atoms with E-state index in [4.69, 9.17) is 4.74 Å². The standard InChI is InChI=1S/C13H12N2O6/c1-3-4-14-10-5-8(13(17)20-2)9(15(18)19)6-11(10)21-7-12(14)16/h3,5-6H,1,4,7H2,2H3. The summed E-state index contributed by atoms with van der Waals surface area (Å²) in [5, 5.41) is 11.0. The van der Waals surface area contributed by atoms with E-state index < -0.39 is 16.6 Å². The Morgan fingerprint density at radius 3 is 2.90 bits per heavy atom. The summed E-state index contributed by atoms with van der Waals surface area (Å²) in [5.74, 6) is -1.02. The van der Waals surface area contributed by atoms with Gasteiger partial charge in [-0.2, -0.15) is 0 Å². The molecule has 8 heteroatoms. The lowest BCUT2D eigenvalue weighted by atomic mass is 10.1. The molecule has 1 aliphatic rings. The molecule has 0 saturated carbocycles. The Morgan fingerprint density at radius 1 is 1.62 bits per heavy atom. The number of hydrogen-bond acceptors (Lipinski definition) is 6. The zero-order valence-corrected chi connectivity index (χ0v) is 11.2. The normalized spacial score (nSPS) is 13.2. The molecule has 0 N–H and O–H groups in total. The number of nitro benzene ring substituents is 1. The Kier molecular flexibility index (Phi) is 3.88. The summed E-state index contributed by atoms with van der Waals surface area (Å²) in [4.78, 5) is 35.2. The summed E-state index contributed by atoms with van der Waals surface area (Å²) in [6, 6.07) is 2.34. The molecule has 1 aliphatic heterocycles. The summed E-state index contributed by atoms with van der Waals surface area (Å²) >= 11 is 0.